The zero-order chi connectivity index (χ0) is 21.4. The van der Waals surface area contributed by atoms with Crippen LogP contribution < -0.4 is 5.32 Å². The third-order valence-electron chi connectivity index (χ3n) is 5.48. The van der Waals surface area contributed by atoms with Crippen molar-refractivity contribution in [3.63, 3.8) is 0 Å². The number of aromatic nitrogens is 1. The van der Waals surface area contributed by atoms with Gasteiger partial charge in [-0.15, -0.1) is 0 Å². The largest absolute Gasteiger partial charge is 0.351 e. The van der Waals surface area contributed by atoms with E-state index in [1.165, 1.54) is 0 Å². The summed E-state index contributed by atoms with van der Waals surface area (Å²) in [4.78, 5) is 29.7. The van der Waals surface area contributed by atoms with Crippen molar-refractivity contribution in [1.29, 1.82) is 0 Å². The Morgan fingerprint density at radius 3 is 2.53 bits per heavy atom. The molecule has 0 bridgehead atoms. The lowest BCUT2D eigenvalue weighted by molar-refractivity contribution is -0.133. The molecule has 30 heavy (non-hydrogen) atoms. The van der Waals surface area contributed by atoms with Gasteiger partial charge in [0, 0.05) is 47.6 Å². The van der Waals surface area contributed by atoms with Crippen molar-refractivity contribution in [2.75, 3.05) is 18.4 Å². The predicted octanol–water partition coefficient (Wildman–Crippen LogP) is 4.67. The first-order chi connectivity index (χ1) is 14.3. The third kappa shape index (κ3) is 4.06. The van der Waals surface area contributed by atoms with Crippen molar-refractivity contribution < 1.29 is 18.4 Å². The molecule has 1 atom stereocenters. The number of rotatable bonds is 4. The molecule has 2 N–H and O–H groups in total. The van der Waals surface area contributed by atoms with Crippen molar-refractivity contribution in [2.24, 2.45) is 5.92 Å². The van der Waals surface area contributed by atoms with Gasteiger partial charge in [0.1, 0.15) is 17.3 Å². The molecule has 2 aromatic carbocycles. The van der Waals surface area contributed by atoms with Crippen molar-refractivity contribution in [2.45, 2.75) is 26.2 Å². The molecular weight excluding hydrogens is 388 g/mol. The van der Waals surface area contributed by atoms with Gasteiger partial charge in [0.25, 0.3) is 5.91 Å². The second kappa shape index (κ2) is 7.89. The Bertz CT molecular complexity index is 1100. The minimum absolute atomic E-state index is 0.0106. The fourth-order valence-corrected chi connectivity index (χ4v) is 3.95. The number of carbonyl (C=O) groups excluding carboxylic acids is 2. The normalized spacial score (nSPS) is 16.4. The number of hydrogen-bond acceptors (Lipinski definition) is 2. The number of aromatic amines is 1. The Kier molecular flexibility index (Phi) is 5.28. The van der Waals surface area contributed by atoms with E-state index in [1.54, 1.807) is 6.07 Å². The number of nitrogens with zero attached hydrogens (tertiary/aromatic N) is 1. The number of carbonyl (C=O) groups is 2. The minimum Gasteiger partial charge on any atom is -0.351 e. The van der Waals surface area contributed by atoms with E-state index in [1.807, 2.05) is 36.9 Å². The van der Waals surface area contributed by atoms with Gasteiger partial charge in [-0.3, -0.25) is 9.59 Å². The topological polar surface area (TPSA) is 65.2 Å². The molecule has 1 saturated heterocycles. The number of H-pyrrole nitrogens is 1. The molecule has 1 aliphatic heterocycles. The number of halogens is 2. The first kappa shape index (κ1) is 20.1. The second-order valence-corrected chi connectivity index (χ2v) is 8.07. The van der Waals surface area contributed by atoms with Gasteiger partial charge in [0.2, 0.25) is 5.91 Å². The summed E-state index contributed by atoms with van der Waals surface area (Å²) in [6.07, 6.45) is 0.910. The molecule has 4 rings (SSSR count). The van der Waals surface area contributed by atoms with Crippen LogP contribution in [-0.2, 0) is 4.79 Å². The fraction of sp³-hybridized carbons (Fsp3) is 0.304. The van der Waals surface area contributed by atoms with Crippen LogP contribution in [0, 0.1) is 17.6 Å². The predicted molar refractivity (Wildman–Crippen MR) is 111 cm³/mol. The van der Waals surface area contributed by atoms with Crippen LogP contribution in [0.15, 0.2) is 42.5 Å². The Morgan fingerprint density at radius 1 is 1.10 bits per heavy atom. The van der Waals surface area contributed by atoms with Crippen LogP contribution in [0.1, 0.15) is 42.2 Å². The van der Waals surface area contributed by atoms with Gasteiger partial charge >= 0.3 is 0 Å². The average molecular weight is 411 g/mol. The Balaban J connectivity index is 1.51. The molecule has 0 unspecified atom stereocenters. The van der Waals surface area contributed by atoms with Crippen LogP contribution in [0.25, 0.3) is 10.9 Å². The SMILES string of the molecule is CC(C)C(=O)N1CC[C@@H](c2ccc3[nH]c(C(=O)Nc4cc(F)cc(F)c4)cc3c2)C1. The van der Waals surface area contributed by atoms with E-state index in [0.717, 1.165) is 47.6 Å². The number of benzene rings is 2. The molecule has 1 fully saturated rings. The maximum atomic E-state index is 13.3. The van der Waals surface area contributed by atoms with Crippen molar-refractivity contribution in [1.82, 2.24) is 9.88 Å². The van der Waals surface area contributed by atoms with Gasteiger partial charge in [0.15, 0.2) is 0 Å². The molecule has 0 spiro atoms. The van der Waals surface area contributed by atoms with Gasteiger partial charge in [-0.2, -0.15) is 0 Å². The zero-order valence-corrected chi connectivity index (χ0v) is 16.8. The molecule has 0 aliphatic carbocycles. The number of nitrogens with one attached hydrogen (secondary N) is 2. The maximum absolute atomic E-state index is 13.3. The van der Waals surface area contributed by atoms with Crippen LogP contribution in [-0.4, -0.2) is 34.8 Å². The Hall–Kier alpha value is -3.22. The first-order valence-corrected chi connectivity index (χ1v) is 9.99. The van der Waals surface area contributed by atoms with E-state index in [2.05, 4.69) is 10.3 Å². The maximum Gasteiger partial charge on any atom is 0.272 e. The number of amides is 2. The van der Waals surface area contributed by atoms with Crippen LogP contribution in [0.4, 0.5) is 14.5 Å². The van der Waals surface area contributed by atoms with E-state index in [4.69, 9.17) is 0 Å². The first-order valence-electron chi connectivity index (χ1n) is 9.99. The summed E-state index contributed by atoms with van der Waals surface area (Å²) in [5, 5.41) is 3.38. The summed E-state index contributed by atoms with van der Waals surface area (Å²) < 4.78 is 26.7. The van der Waals surface area contributed by atoms with Gasteiger partial charge in [-0.25, -0.2) is 8.78 Å². The van der Waals surface area contributed by atoms with E-state index in [0.29, 0.717) is 12.2 Å². The van der Waals surface area contributed by atoms with Crippen molar-refractivity contribution in [3.05, 3.63) is 65.4 Å². The quantitative estimate of drug-likeness (QED) is 0.655. The summed E-state index contributed by atoms with van der Waals surface area (Å²) in [6, 6.07) is 10.5. The minimum atomic E-state index is -0.756. The van der Waals surface area contributed by atoms with Gasteiger partial charge in [0.05, 0.1) is 0 Å². The smallest absolute Gasteiger partial charge is 0.272 e. The number of likely N-dealkylation sites (tertiary alicyclic amines) is 1. The molecule has 0 radical (unpaired) electrons. The lowest BCUT2D eigenvalue weighted by Crippen LogP contribution is -2.31. The Labute approximate surface area is 173 Å². The van der Waals surface area contributed by atoms with Crippen molar-refractivity contribution in [3.8, 4) is 0 Å². The molecule has 156 valence electrons. The highest BCUT2D eigenvalue weighted by Crippen LogP contribution is 2.30. The van der Waals surface area contributed by atoms with Crippen molar-refractivity contribution >= 4 is 28.4 Å². The highest BCUT2D eigenvalue weighted by Gasteiger charge is 2.28. The highest BCUT2D eigenvalue weighted by atomic mass is 19.1. The van der Waals surface area contributed by atoms with E-state index in [9.17, 15) is 18.4 Å². The van der Waals surface area contributed by atoms with Crippen LogP contribution in [0.5, 0.6) is 0 Å². The van der Waals surface area contributed by atoms with Crippen LogP contribution >= 0.6 is 0 Å². The number of anilines is 1. The van der Waals surface area contributed by atoms with E-state index >= 15 is 0 Å². The second-order valence-electron chi connectivity index (χ2n) is 8.07. The molecule has 7 heteroatoms. The zero-order valence-electron chi connectivity index (χ0n) is 16.8. The lowest BCUT2D eigenvalue weighted by atomic mass is 9.97. The fourth-order valence-electron chi connectivity index (χ4n) is 3.95. The molecule has 3 aromatic rings. The van der Waals surface area contributed by atoms with E-state index < -0.39 is 17.5 Å². The standard InChI is InChI=1S/C23H23F2N3O2/c1-13(2)23(30)28-6-5-15(12-28)14-3-4-20-16(7-14)8-21(27-20)22(29)26-19-10-17(24)9-18(25)11-19/h3-4,7-11,13,15,27H,5-6,12H2,1-2H3,(H,26,29)/t15-/m1/s1. The van der Waals surface area contributed by atoms with E-state index in [-0.39, 0.29) is 23.4 Å². The summed E-state index contributed by atoms with van der Waals surface area (Å²) in [5.74, 6) is -1.57. The van der Waals surface area contributed by atoms with Gasteiger partial charge in [-0.05, 0) is 42.3 Å². The Morgan fingerprint density at radius 2 is 1.83 bits per heavy atom. The summed E-state index contributed by atoms with van der Waals surface area (Å²) in [7, 11) is 0. The van der Waals surface area contributed by atoms with Crippen LogP contribution in [0.3, 0.4) is 0 Å². The monoisotopic (exact) mass is 411 g/mol. The molecule has 2 heterocycles. The summed E-state index contributed by atoms with van der Waals surface area (Å²) >= 11 is 0. The molecule has 1 aromatic heterocycles. The molecular formula is C23H23F2N3O2. The molecule has 5 nitrogen and oxygen atoms in total. The number of fused-ring (bicyclic) bond motifs is 1. The number of hydrogen-bond donors (Lipinski definition) is 2. The van der Waals surface area contributed by atoms with Gasteiger partial charge in [-0.1, -0.05) is 19.9 Å². The molecule has 2 amide bonds. The third-order valence-corrected chi connectivity index (χ3v) is 5.48. The summed E-state index contributed by atoms with van der Waals surface area (Å²) in [5.41, 5.74) is 2.27. The lowest BCUT2D eigenvalue weighted by Gasteiger charge is -2.18. The van der Waals surface area contributed by atoms with Crippen LogP contribution in [0.2, 0.25) is 0 Å². The highest BCUT2D eigenvalue weighted by molar-refractivity contribution is 6.06. The average Bonchev–Trinajstić information content (AvgIpc) is 3.33. The van der Waals surface area contributed by atoms with Gasteiger partial charge < -0.3 is 15.2 Å². The molecule has 0 saturated carbocycles. The summed E-state index contributed by atoms with van der Waals surface area (Å²) in [6.45, 7) is 5.27. The molecule has 1 aliphatic rings.